The maximum Gasteiger partial charge on any atom is 0.191 e. The van der Waals surface area contributed by atoms with Gasteiger partial charge >= 0.3 is 0 Å². The van der Waals surface area contributed by atoms with Gasteiger partial charge in [-0.1, -0.05) is 25.5 Å². The van der Waals surface area contributed by atoms with Gasteiger partial charge < -0.3 is 14.4 Å². The van der Waals surface area contributed by atoms with E-state index in [1.165, 1.54) is 0 Å². The van der Waals surface area contributed by atoms with Crippen molar-refractivity contribution < 1.29 is 24.0 Å². The number of aliphatic hydroxyl groups is 2. The number of rotatable bonds is 4. The fourth-order valence-corrected chi connectivity index (χ4v) is 7.25. The predicted octanol–water partition coefficient (Wildman–Crippen LogP) is 2.86. The van der Waals surface area contributed by atoms with Crippen molar-refractivity contribution in [1.82, 2.24) is 0 Å². The van der Waals surface area contributed by atoms with E-state index in [0.29, 0.717) is 12.8 Å². The molecular formula is C22H30O5S. The van der Waals surface area contributed by atoms with Crippen molar-refractivity contribution in [3.63, 3.8) is 0 Å². The molecule has 0 saturated heterocycles. The number of allylic oxidation sites excluding steroid dienone is 4. The van der Waals surface area contributed by atoms with Crippen LogP contribution in [0.1, 0.15) is 46.0 Å². The Hall–Kier alpha value is -0.950. The third-order valence-electron chi connectivity index (χ3n) is 8.42. The summed E-state index contributed by atoms with van der Waals surface area (Å²) in [5, 5.41) is 22.7. The van der Waals surface area contributed by atoms with E-state index in [0.717, 1.165) is 36.9 Å². The lowest BCUT2D eigenvalue weighted by Gasteiger charge is -2.59. The van der Waals surface area contributed by atoms with E-state index in [1.807, 2.05) is 13.0 Å². The van der Waals surface area contributed by atoms with Crippen LogP contribution < -0.4 is 0 Å². The van der Waals surface area contributed by atoms with Gasteiger partial charge in [0, 0.05) is 23.0 Å². The summed E-state index contributed by atoms with van der Waals surface area (Å²) in [7, 11) is 0. The minimum Gasteiger partial charge on any atom is -0.393 e. The van der Waals surface area contributed by atoms with E-state index < -0.39 is 17.1 Å². The fourth-order valence-electron chi connectivity index (χ4n) is 7.02. The van der Waals surface area contributed by atoms with Crippen LogP contribution >= 0.6 is 12.0 Å². The average Bonchev–Trinajstić information content (AvgIpc) is 2.92. The largest absolute Gasteiger partial charge is 0.393 e. The zero-order valence-electron chi connectivity index (χ0n) is 16.8. The smallest absolute Gasteiger partial charge is 0.191 e. The van der Waals surface area contributed by atoms with Gasteiger partial charge in [0.25, 0.3) is 0 Å². The van der Waals surface area contributed by atoms with E-state index in [2.05, 4.69) is 6.92 Å². The van der Waals surface area contributed by atoms with Crippen molar-refractivity contribution in [3.8, 4) is 0 Å². The van der Waals surface area contributed by atoms with Gasteiger partial charge in [-0.25, -0.2) is 0 Å². The molecule has 0 bridgehead atoms. The summed E-state index contributed by atoms with van der Waals surface area (Å²) in [6, 6.07) is 0. The van der Waals surface area contributed by atoms with E-state index >= 15 is 0 Å². The molecule has 7 unspecified atom stereocenters. The van der Waals surface area contributed by atoms with Crippen molar-refractivity contribution in [1.29, 1.82) is 0 Å². The first kappa shape index (κ1) is 20.3. The number of hydrogen-bond donors (Lipinski definition) is 2. The Kier molecular flexibility index (Phi) is 4.93. The van der Waals surface area contributed by atoms with Crippen molar-refractivity contribution >= 4 is 23.6 Å². The Morgan fingerprint density at radius 2 is 2.11 bits per heavy atom. The minimum absolute atomic E-state index is 0.00910. The van der Waals surface area contributed by atoms with Crippen LogP contribution in [0, 0.1) is 28.6 Å². The topological polar surface area (TPSA) is 83.8 Å². The average molecular weight is 407 g/mol. The Morgan fingerprint density at radius 1 is 1.36 bits per heavy atom. The van der Waals surface area contributed by atoms with Gasteiger partial charge in [0.2, 0.25) is 0 Å². The summed E-state index contributed by atoms with van der Waals surface area (Å²) in [4.78, 5) is 24.7. The molecule has 28 heavy (non-hydrogen) atoms. The third kappa shape index (κ3) is 2.64. The molecule has 0 heterocycles. The summed E-state index contributed by atoms with van der Waals surface area (Å²) >= 11 is 1.12. The molecule has 4 aliphatic carbocycles. The van der Waals surface area contributed by atoms with Crippen LogP contribution in [0.2, 0.25) is 0 Å². The summed E-state index contributed by atoms with van der Waals surface area (Å²) < 4.78 is 5.22. The van der Waals surface area contributed by atoms with Gasteiger partial charge in [0.1, 0.15) is 12.2 Å². The molecule has 2 N–H and O–H groups in total. The number of Topliss-reactive ketones (excluding diaryl/α,β-unsaturated/α-hetero) is 1. The molecule has 0 aliphatic heterocycles. The Labute approximate surface area is 170 Å². The van der Waals surface area contributed by atoms with Crippen LogP contribution in [0.3, 0.4) is 0 Å². The lowest BCUT2D eigenvalue weighted by atomic mass is 9.46. The van der Waals surface area contributed by atoms with Crippen LogP contribution in [-0.4, -0.2) is 46.3 Å². The van der Waals surface area contributed by atoms with Crippen molar-refractivity contribution in [2.24, 2.45) is 28.6 Å². The molecule has 3 fully saturated rings. The van der Waals surface area contributed by atoms with E-state index in [4.69, 9.17) is 4.18 Å². The molecule has 0 aromatic heterocycles. The highest BCUT2D eigenvalue weighted by Gasteiger charge is 2.68. The van der Waals surface area contributed by atoms with Gasteiger partial charge in [-0.2, -0.15) is 0 Å². The monoisotopic (exact) mass is 406 g/mol. The second-order valence-electron chi connectivity index (χ2n) is 9.46. The predicted molar refractivity (Wildman–Crippen MR) is 107 cm³/mol. The highest BCUT2D eigenvalue weighted by Crippen LogP contribution is 2.67. The third-order valence-corrected chi connectivity index (χ3v) is 8.77. The standard InChI is InChI=1S/C22H30O5S/c1-20-8-6-14(23)10-13(20)4-5-15-16-7-9-22(26,18(25)12-27-28-3)21(16,2)11-17(24)19(15)20/h6,8,10,15-17,19,24,26H,4-5,7,9,11-12H2,1-3H3. The van der Waals surface area contributed by atoms with Crippen molar-refractivity contribution in [2.75, 3.05) is 12.9 Å². The zero-order chi connectivity index (χ0) is 20.3. The van der Waals surface area contributed by atoms with Crippen LogP contribution in [0.25, 0.3) is 0 Å². The molecule has 7 atom stereocenters. The lowest BCUT2D eigenvalue weighted by molar-refractivity contribution is -0.177. The molecule has 154 valence electrons. The second kappa shape index (κ2) is 6.79. The minimum atomic E-state index is -1.45. The molecular weight excluding hydrogens is 376 g/mol. The molecule has 0 spiro atoms. The van der Waals surface area contributed by atoms with Gasteiger partial charge in [0.15, 0.2) is 11.6 Å². The maximum absolute atomic E-state index is 12.9. The Morgan fingerprint density at radius 3 is 2.82 bits per heavy atom. The van der Waals surface area contributed by atoms with Crippen LogP contribution in [-0.2, 0) is 13.8 Å². The van der Waals surface area contributed by atoms with Crippen LogP contribution in [0.15, 0.2) is 23.8 Å². The molecule has 0 amide bonds. The Balaban J connectivity index is 1.68. The highest BCUT2D eigenvalue weighted by atomic mass is 32.2. The van der Waals surface area contributed by atoms with Crippen molar-refractivity contribution in [2.45, 2.75) is 57.7 Å². The number of carbonyl (C=O) groups excluding carboxylic acids is 2. The number of ketones is 2. The maximum atomic E-state index is 12.9. The summed E-state index contributed by atoms with van der Waals surface area (Å²) in [6.07, 6.45) is 9.78. The molecule has 5 nitrogen and oxygen atoms in total. The molecule has 4 rings (SSSR count). The quantitative estimate of drug-likeness (QED) is 0.699. The second-order valence-corrected chi connectivity index (χ2v) is 10.0. The van der Waals surface area contributed by atoms with E-state index in [1.54, 1.807) is 18.4 Å². The van der Waals surface area contributed by atoms with Crippen LogP contribution in [0.5, 0.6) is 0 Å². The zero-order valence-corrected chi connectivity index (χ0v) is 17.6. The van der Waals surface area contributed by atoms with Gasteiger partial charge in [0.05, 0.1) is 6.10 Å². The van der Waals surface area contributed by atoms with E-state index in [9.17, 15) is 19.8 Å². The first-order valence-electron chi connectivity index (χ1n) is 10.2. The first-order valence-corrected chi connectivity index (χ1v) is 11.4. The molecule has 0 aromatic rings. The summed E-state index contributed by atoms with van der Waals surface area (Å²) in [5.41, 5.74) is -1.32. The lowest BCUT2D eigenvalue weighted by Crippen LogP contribution is -2.61. The molecule has 4 aliphatic rings. The molecule has 0 aromatic carbocycles. The molecule has 0 radical (unpaired) electrons. The van der Waals surface area contributed by atoms with Crippen molar-refractivity contribution in [3.05, 3.63) is 23.8 Å². The van der Waals surface area contributed by atoms with Crippen LogP contribution in [0.4, 0.5) is 0 Å². The fraction of sp³-hybridized carbons (Fsp3) is 0.727. The van der Waals surface area contributed by atoms with Gasteiger partial charge in [-0.05, 0) is 68.1 Å². The number of aliphatic hydroxyl groups excluding tert-OH is 1. The van der Waals surface area contributed by atoms with Gasteiger partial charge in [-0.15, -0.1) is 0 Å². The molecule has 6 heteroatoms. The number of fused-ring (bicyclic) bond motifs is 5. The number of carbonyl (C=O) groups is 2. The highest BCUT2D eigenvalue weighted by molar-refractivity contribution is 7.93. The summed E-state index contributed by atoms with van der Waals surface area (Å²) in [5.74, 6) is 0.152. The summed E-state index contributed by atoms with van der Waals surface area (Å²) in [6.45, 7) is 4.00. The normalized spacial score (nSPS) is 47.2. The molecule has 3 saturated carbocycles. The number of hydrogen-bond acceptors (Lipinski definition) is 6. The van der Waals surface area contributed by atoms with Gasteiger partial charge in [-0.3, -0.25) is 9.59 Å². The first-order chi connectivity index (χ1) is 13.2. The Bertz CT molecular complexity index is 760. The SMILES string of the molecule is CSOCC(=O)C1(O)CCC2C3CCC4=CC(=O)C=CC4(C)C3C(O)CC21C. The van der Waals surface area contributed by atoms with E-state index in [-0.39, 0.29) is 41.3 Å².